The summed E-state index contributed by atoms with van der Waals surface area (Å²) in [6, 6.07) is 32.2. The predicted octanol–water partition coefficient (Wildman–Crippen LogP) is 4.54. The molecule has 0 saturated carbocycles. The topological polar surface area (TPSA) is 114 Å². The molecule has 0 aliphatic carbocycles. The molecular formula is C31H27N3O4. The van der Waals surface area contributed by atoms with Crippen molar-refractivity contribution in [3.05, 3.63) is 131 Å². The third-order valence-corrected chi connectivity index (χ3v) is 5.85. The Labute approximate surface area is 221 Å². The number of nitrogens with zero attached hydrogens (tertiary/aromatic N) is 1. The maximum Gasteiger partial charge on any atom is 0.251 e. The molecule has 4 aromatic carbocycles. The Morgan fingerprint density at radius 1 is 0.763 bits per heavy atom. The number of rotatable bonds is 11. The van der Waals surface area contributed by atoms with E-state index >= 15 is 0 Å². The summed E-state index contributed by atoms with van der Waals surface area (Å²) < 4.78 is 12.2. The van der Waals surface area contributed by atoms with Gasteiger partial charge in [0, 0.05) is 12.0 Å². The number of hydrogen-bond donors (Lipinski definition) is 2. The van der Waals surface area contributed by atoms with Crippen molar-refractivity contribution in [1.82, 2.24) is 5.32 Å². The molecule has 7 nitrogen and oxygen atoms in total. The van der Waals surface area contributed by atoms with Gasteiger partial charge in [-0.25, -0.2) is 0 Å². The summed E-state index contributed by atoms with van der Waals surface area (Å²) in [7, 11) is 0. The zero-order valence-electron chi connectivity index (χ0n) is 20.7. The van der Waals surface area contributed by atoms with E-state index in [1.54, 1.807) is 24.3 Å². The smallest absolute Gasteiger partial charge is 0.251 e. The molecule has 3 N–H and O–H groups in total. The highest BCUT2D eigenvalue weighted by atomic mass is 16.5. The fourth-order valence-electron chi connectivity index (χ4n) is 3.78. The SMILES string of the molecule is N#Cc1ccc(C(=O)N[C@@H](Cc2ccc(OCc3ccccc3)c(OCc3ccccc3)c2)C(N)=O)cc1. The van der Waals surface area contributed by atoms with Crippen LogP contribution < -0.4 is 20.5 Å². The molecule has 0 radical (unpaired) electrons. The van der Waals surface area contributed by atoms with Crippen LogP contribution in [0.3, 0.4) is 0 Å². The minimum absolute atomic E-state index is 0.165. The zero-order valence-corrected chi connectivity index (χ0v) is 20.7. The van der Waals surface area contributed by atoms with Gasteiger partial charge in [0.25, 0.3) is 5.91 Å². The maximum atomic E-state index is 12.7. The summed E-state index contributed by atoms with van der Waals surface area (Å²) in [5.41, 5.74) is 9.14. The average molecular weight is 506 g/mol. The molecule has 0 fully saturated rings. The Morgan fingerprint density at radius 2 is 1.34 bits per heavy atom. The van der Waals surface area contributed by atoms with E-state index in [-0.39, 0.29) is 6.42 Å². The molecule has 4 aromatic rings. The quantitative estimate of drug-likeness (QED) is 0.311. The molecule has 0 bridgehead atoms. The van der Waals surface area contributed by atoms with E-state index in [0.717, 1.165) is 16.7 Å². The van der Waals surface area contributed by atoms with E-state index in [1.165, 1.54) is 12.1 Å². The molecule has 1 atom stereocenters. The van der Waals surface area contributed by atoms with Gasteiger partial charge < -0.3 is 20.5 Å². The van der Waals surface area contributed by atoms with Crippen molar-refractivity contribution in [3.63, 3.8) is 0 Å². The molecule has 0 heterocycles. The van der Waals surface area contributed by atoms with Crippen LogP contribution in [0.1, 0.15) is 32.6 Å². The van der Waals surface area contributed by atoms with Gasteiger partial charge in [-0.05, 0) is 53.1 Å². The van der Waals surface area contributed by atoms with Crippen LogP contribution in [-0.4, -0.2) is 17.9 Å². The summed E-state index contributed by atoms with van der Waals surface area (Å²) in [4.78, 5) is 24.9. The number of carbonyl (C=O) groups is 2. The van der Waals surface area contributed by atoms with E-state index in [9.17, 15) is 9.59 Å². The first-order chi connectivity index (χ1) is 18.5. The molecule has 0 spiro atoms. The number of nitriles is 1. The Bertz CT molecular complexity index is 1420. The predicted molar refractivity (Wildman–Crippen MR) is 143 cm³/mol. The monoisotopic (exact) mass is 505 g/mol. The van der Waals surface area contributed by atoms with Gasteiger partial charge in [0.1, 0.15) is 19.3 Å². The van der Waals surface area contributed by atoms with Crippen molar-refractivity contribution >= 4 is 11.8 Å². The van der Waals surface area contributed by atoms with E-state index in [2.05, 4.69) is 5.32 Å². The first kappa shape index (κ1) is 26.0. The molecule has 0 aliphatic rings. The molecule has 0 saturated heterocycles. The number of primary amides is 1. The summed E-state index contributed by atoms with van der Waals surface area (Å²) in [5, 5.41) is 11.6. The molecule has 38 heavy (non-hydrogen) atoms. The lowest BCUT2D eigenvalue weighted by atomic mass is 10.0. The first-order valence-electron chi connectivity index (χ1n) is 12.1. The molecule has 7 heteroatoms. The fourth-order valence-corrected chi connectivity index (χ4v) is 3.78. The number of hydrogen-bond acceptors (Lipinski definition) is 5. The van der Waals surface area contributed by atoms with Crippen LogP contribution in [0.2, 0.25) is 0 Å². The largest absolute Gasteiger partial charge is 0.485 e. The second-order valence-electron chi connectivity index (χ2n) is 8.65. The minimum atomic E-state index is -0.948. The van der Waals surface area contributed by atoms with Gasteiger partial charge >= 0.3 is 0 Å². The van der Waals surface area contributed by atoms with Gasteiger partial charge in [-0.3, -0.25) is 9.59 Å². The van der Waals surface area contributed by atoms with Gasteiger partial charge in [-0.15, -0.1) is 0 Å². The highest BCUT2D eigenvalue weighted by Gasteiger charge is 2.21. The molecule has 0 unspecified atom stereocenters. The third kappa shape index (κ3) is 7.21. The highest BCUT2D eigenvalue weighted by molar-refractivity contribution is 5.97. The van der Waals surface area contributed by atoms with Crippen molar-refractivity contribution in [2.75, 3.05) is 0 Å². The van der Waals surface area contributed by atoms with E-state index in [1.807, 2.05) is 72.8 Å². The minimum Gasteiger partial charge on any atom is -0.485 e. The number of amides is 2. The molecule has 0 aromatic heterocycles. The van der Waals surface area contributed by atoms with Crippen molar-refractivity contribution < 1.29 is 19.1 Å². The lowest BCUT2D eigenvalue weighted by Crippen LogP contribution is -2.45. The fraction of sp³-hybridized carbons (Fsp3) is 0.129. The normalized spacial score (nSPS) is 11.1. The van der Waals surface area contributed by atoms with Crippen LogP contribution in [0, 0.1) is 11.3 Å². The summed E-state index contributed by atoms with van der Waals surface area (Å²) in [5.74, 6) is -0.0421. The lowest BCUT2D eigenvalue weighted by Gasteiger charge is -2.18. The van der Waals surface area contributed by atoms with Crippen molar-refractivity contribution in [3.8, 4) is 17.6 Å². The van der Waals surface area contributed by atoms with Crippen LogP contribution in [-0.2, 0) is 24.4 Å². The van der Waals surface area contributed by atoms with Gasteiger partial charge in [0.2, 0.25) is 5.91 Å². The third-order valence-electron chi connectivity index (χ3n) is 5.85. The Hall–Kier alpha value is -5.09. The Morgan fingerprint density at radius 3 is 1.89 bits per heavy atom. The van der Waals surface area contributed by atoms with Crippen LogP contribution in [0.4, 0.5) is 0 Å². The average Bonchev–Trinajstić information content (AvgIpc) is 2.96. The number of carbonyl (C=O) groups excluding carboxylic acids is 2. The number of ether oxygens (including phenoxy) is 2. The van der Waals surface area contributed by atoms with Crippen molar-refractivity contribution in [2.24, 2.45) is 5.73 Å². The van der Waals surface area contributed by atoms with E-state index in [0.29, 0.717) is 35.8 Å². The number of nitrogens with two attached hydrogens (primary N) is 1. The first-order valence-corrected chi connectivity index (χ1v) is 12.1. The highest BCUT2D eigenvalue weighted by Crippen LogP contribution is 2.30. The van der Waals surface area contributed by atoms with E-state index in [4.69, 9.17) is 20.5 Å². The van der Waals surface area contributed by atoms with Crippen LogP contribution >= 0.6 is 0 Å². The molecule has 190 valence electrons. The summed E-state index contributed by atoms with van der Waals surface area (Å²) in [6.07, 6.45) is 0.165. The van der Waals surface area contributed by atoms with Gasteiger partial charge in [-0.1, -0.05) is 66.7 Å². The molecule has 4 rings (SSSR count). The Balaban J connectivity index is 1.51. The van der Waals surface area contributed by atoms with Crippen LogP contribution in [0.15, 0.2) is 103 Å². The number of benzene rings is 4. The van der Waals surface area contributed by atoms with Crippen LogP contribution in [0.25, 0.3) is 0 Å². The van der Waals surface area contributed by atoms with Gasteiger partial charge in [0.05, 0.1) is 11.6 Å². The second kappa shape index (κ2) is 12.7. The van der Waals surface area contributed by atoms with Gasteiger partial charge in [0.15, 0.2) is 11.5 Å². The summed E-state index contributed by atoms with van der Waals surface area (Å²) >= 11 is 0. The lowest BCUT2D eigenvalue weighted by molar-refractivity contribution is -0.119. The van der Waals surface area contributed by atoms with Crippen molar-refractivity contribution in [1.29, 1.82) is 5.26 Å². The van der Waals surface area contributed by atoms with Crippen molar-refractivity contribution in [2.45, 2.75) is 25.7 Å². The Kier molecular flexibility index (Phi) is 8.72. The summed E-state index contributed by atoms with van der Waals surface area (Å²) in [6.45, 7) is 0.701. The maximum absolute atomic E-state index is 12.7. The second-order valence-corrected chi connectivity index (χ2v) is 8.65. The molecular weight excluding hydrogens is 478 g/mol. The molecule has 0 aliphatic heterocycles. The van der Waals surface area contributed by atoms with Gasteiger partial charge in [-0.2, -0.15) is 5.26 Å². The van der Waals surface area contributed by atoms with E-state index < -0.39 is 17.9 Å². The molecule has 2 amide bonds. The number of nitrogens with one attached hydrogen (secondary N) is 1. The zero-order chi connectivity index (χ0) is 26.7. The van der Waals surface area contributed by atoms with Crippen LogP contribution in [0.5, 0.6) is 11.5 Å². The standard InChI is InChI=1S/C31H27N3O4/c32-19-22-11-14-26(15-12-22)31(36)34-27(30(33)35)17-25-13-16-28(37-20-23-7-3-1-4-8-23)29(18-25)38-21-24-9-5-2-6-10-24/h1-16,18,27H,17,20-21H2,(H2,33,35)(H,34,36)/t27-/m0/s1.